The fourth-order valence-electron chi connectivity index (χ4n) is 4.08. The quantitative estimate of drug-likeness (QED) is 0.668. The molecule has 1 aromatic carbocycles. The first-order valence-corrected chi connectivity index (χ1v) is 10.6. The van der Waals surface area contributed by atoms with Gasteiger partial charge in [0.15, 0.2) is 11.5 Å². The van der Waals surface area contributed by atoms with E-state index in [-0.39, 0.29) is 32.1 Å². The lowest BCUT2D eigenvalue weighted by atomic mass is 10.1. The molecule has 11 nitrogen and oxygen atoms in total. The Morgan fingerprint density at radius 1 is 0.969 bits per heavy atom. The summed E-state index contributed by atoms with van der Waals surface area (Å²) in [7, 11) is 1.55. The van der Waals surface area contributed by atoms with Crippen molar-refractivity contribution >= 4 is 23.8 Å². The maximum absolute atomic E-state index is 11.5. The average molecular weight is 450 g/mol. The topological polar surface area (TPSA) is 123 Å². The van der Waals surface area contributed by atoms with Crippen molar-refractivity contribution in [3.63, 3.8) is 0 Å². The van der Waals surface area contributed by atoms with Gasteiger partial charge in [-0.2, -0.15) is 0 Å². The molecule has 0 bridgehead atoms. The summed E-state index contributed by atoms with van der Waals surface area (Å²) in [5.74, 6) is 1.17. The predicted octanol–water partition coefficient (Wildman–Crippen LogP) is 1.47. The molecule has 1 aromatic rings. The van der Waals surface area contributed by atoms with Gasteiger partial charge in [-0.1, -0.05) is 0 Å². The summed E-state index contributed by atoms with van der Waals surface area (Å²) in [6.07, 6.45) is -1.76. The molecule has 0 unspecified atom stereocenters. The maximum atomic E-state index is 11.5. The highest BCUT2D eigenvalue weighted by Gasteiger charge is 2.32. The zero-order valence-electron chi connectivity index (χ0n) is 18.4. The number of hydrogen-bond donors (Lipinski definition) is 2. The Hall–Kier alpha value is -3.37. The van der Waals surface area contributed by atoms with Gasteiger partial charge >= 0.3 is 12.2 Å². The highest BCUT2D eigenvalue weighted by molar-refractivity contribution is 5.73. The number of carbonyl (C=O) groups excluding carboxylic acids is 1. The molecule has 0 aliphatic carbocycles. The van der Waals surface area contributed by atoms with E-state index in [0.717, 1.165) is 18.8 Å². The molecule has 0 spiro atoms. The summed E-state index contributed by atoms with van der Waals surface area (Å²) in [5, 5.41) is 18.6. The Labute approximate surface area is 186 Å². The van der Waals surface area contributed by atoms with Crippen LogP contribution in [0.5, 0.6) is 11.5 Å². The van der Waals surface area contributed by atoms with Crippen molar-refractivity contribution in [2.45, 2.75) is 19.4 Å². The van der Waals surface area contributed by atoms with E-state index >= 15 is 0 Å². The van der Waals surface area contributed by atoms with Crippen LogP contribution in [0.2, 0.25) is 0 Å². The monoisotopic (exact) mass is 450 g/mol. The van der Waals surface area contributed by atoms with Gasteiger partial charge in [0.2, 0.25) is 5.91 Å². The van der Waals surface area contributed by atoms with Crippen molar-refractivity contribution in [3.05, 3.63) is 18.2 Å². The van der Waals surface area contributed by atoms with Crippen molar-refractivity contribution < 1.29 is 34.1 Å². The van der Waals surface area contributed by atoms with Crippen molar-refractivity contribution in [2.75, 3.05) is 64.4 Å². The van der Waals surface area contributed by atoms with E-state index in [1.54, 1.807) is 14.0 Å². The molecule has 3 amide bonds. The second kappa shape index (κ2) is 10.3. The normalized spacial score (nSPS) is 19.0. The first-order valence-electron chi connectivity index (χ1n) is 10.6. The van der Waals surface area contributed by atoms with Crippen LogP contribution in [0.1, 0.15) is 13.3 Å². The van der Waals surface area contributed by atoms with Gasteiger partial charge in [0.25, 0.3) is 0 Å². The highest BCUT2D eigenvalue weighted by Crippen LogP contribution is 2.32. The van der Waals surface area contributed by atoms with Gasteiger partial charge in [-0.25, -0.2) is 9.59 Å². The van der Waals surface area contributed by atoms with Crippen LogP contribution in [-0.2, 0) is 4.79 Å². The van der Waals surface area contributed by atoms with Crippen LogP contribution in [0.3, 0.4) is 0 Å². The van der Waals surface area contributed by atoms with Gasteiger partial charge in [0.05, 0.1) is 19.8 Å². The third-order valence-electron chi connectivity index (χ3n) is 5.94. The van der Waals surface area contributed by atoms with Crippen molar-refractivity contribution in [2.24, 2.45) is 0 Å². The number of anilines is 1. The number of hydrogen-bond acceptors (Lipinski definition) is 6. The van der Waals surface area contributed by atoms with Crippen LogP contribution in [0, 0.1) is 0 Å². The van der Waals surface area contributed by atoms with Gasteiger partial charge in [-0.15, -0.1) is 0 Å². The number of carboxylic acid groups (broad SMARTS) is 2. The Kier molecular flexibility index (Phi) is 7.49. The van der Waals surface area contributed by atoms with Crippen molar-refractivity contribution in [1.82, 2.24) is 14.7 Å². The van der Waals surface area contributed by atoms with E-state index in [0.29, 0.717) is 31.0 Å². The summed E-state index contributed by atoms with van der Waals surface area (Å²) in [5.41, 5.74) is 0.971. The third-order valence-corrected chi connectivity index (χ3v) is 5.94. The number of piperazine rings is 2. The lowest BCUT2D eigenvalue weighted by Gasteiger charge is -2.38. The second-order valence-electron chi connectivity index (χ2n) is 7.82. The minimum absolute atomic E-state index is 0.0804. The van der Waals surface area contributed by atoms with Crippen LogP contribution < -0.4 is 14.4 Å². The first-order chi connectivity index (χ1) is 15.3. The molecule has 2 heterocycles. The van der Waals surface area contributed by atoms with Gasteiger partial charge in [-0.05, 0) is 12.1 Å². The molecule has 1 atom stereocenters. The zero-order valence-corrected chi connectivity index (χ0v) is 18.4. The Bertz CT molecular complexity index is 841. The fourth-order valence-corrected chi connectivity index (χ4v) is 4.08. The molecular formula is C21H30N4O7. The molecule has 2 saturated heterocycles. The molecule has 2 aliphatic heterocycles. The molecule has 3 rings (SSSR count). The van der Waals surface area contributed by atoms with Gasteiger partial charge < -0.3 is 39.3 Å². The number of methoxy groups -OCH3 is 1. The number of benzene rings is 1. The first kappa shape index (κ1) is 23.3. The number of carbonyl (C=O) groups is 3. The summed E-state index contributed by atoms with van der Waals surface area (Å²) >= 11 is 0. The lowest BCUT2D eigenvalue weighted by molar-refractivity contribution is -0.129. The van der Waals surface area contributed by atoms with Crippen LogP contribution in [0.4, 0.5) is 15.3 Å². The molecule has 2 N–H and O–H groups in total. The van der Waals surface area contributed by atoms with E-state index < -0.39 is 18.2 Å². The highest BCUT2D eigenvalue weighted by atomic mass is 16.5. The largest absolute Gasteiger partial charge is 0.493 e. The minimum atomic E-state index is -1.06. The molecular weight excluding hydrogens is 420 g/mol. The average Bonchev–Trinajstić information content (AvgIpc) is 2.79. The SMILES string of the molecule is COc1cc(N2CCN(C(C)=O)CC2)ccc1OCC[C@@H]1CN(C(=O)O)CCN1C(=O)O. The minimum Gasteiger partial charge on any atom is -0.493 e. The molecule has 32 heavy (non-hydrogen) atoms. The summed E-state index contributed by atoms with van der Waals surface area (Å²) in [6, 6.07) is 5.15. The maximum Gasteiger partial charge on any atom is 0.407 e. The summed E-state index contributed by atoms with van der Waals surface area (Å²) in [6.45, 7) is 5.02. The van der Waals surface area contributed by atoms with Crippen LogP contribution >= 0.6 is 0 Å². The summed E-state index contributed by atoms with van der Waals surface area (Å²) in [4.78, 5) is 40.8. The standard InChI is InChI=1S/C21H30N4O7/c1-15(26)22-6-8-23(9-7-22)16-3-4-18(19(13-16)31-2)32-12-5-17-14-24(20(27)28)10-11-25(17)21(29)30/h3-4,13,17H,5-12,14H2,1-2H3,(H,27,28)(H,29,30)/t17-/m1/s1. The summed E-state index contributed by atoms with van der Waals surface area (Å²) < 4.78 is 11.3. The van der Waals surface area contributed by atoms with E-state index in [1.807, 2.05) is 23.1 Å². The lowest BCUT2D eigenvalue weighted by Crippen LogP contribution is -2.56. The number of ether oxygens (including phenoxy) is 2. The molecule has 0 radical (unpaired) electrons. The molecule has 11 heteroatoms. The molecule has 2 fully saturated rings. The van der Waals surface area contributed by atoms with E-state index in [1.165, 1.54) is 9.80 Å². The van der Waals surface area contributed by atoms with Gasteiger partial charge in [0.1, 0.15) is 0 Å². The number of nitrogens with zero attached hydrogens (tertiary/aromatic N) is 4. The smallest absolute Gasteiger partial charge is 0.407 e. The predicted molar refractivity (Wildman–Crippen MR) is 116 cm³/mol. The van der Waals surface area contributed by atoms with Crippen molar-refractivity contribution in [3.8, 4) is 11.5 Å². The van der Waals surface area contributed by atoms with Gasteiger partial charge in [0, 0.05) is 70.9 Å². The van der Waals surface area contributed by atoms with E-state index in [9.17, 15) is 24.6 Å². The Morgan fingerprint density at radius 2 is 1.66 bits per heavy atom. The van der Waals surface area contributed by atoms with Crippen molar-refractivity contribution in [1.29, 1.82) is 0 Å². The van der Waals surface area contributed by atoms with Crippen LogP contribution in [-0.4, -0.2) is 109 Å². The molecule has 0 aromatic heterocycles. The van der Waals surface area contributed by atoms with E-state index in [4.69, 9.17) is 9.47 Å². The fraction of sp³-hybridized carbons (Fsp3) is 0.571. The van der Waals surface area contributed by atoms with Crippen LogP contribution in [0.15, 0.2) is 18.2 Å². The number of rotatable bonds is 6. The molecule has 176 valence electrons. The van der Waals surface area contributed by atoms with Crippen LogP contribution in [0.25, 0.3) is 0 Å². The number of amides is 3. The van der Waals surface area contributed by atoms with Gasteiger partial charge in [-0.3, -0.25) is 4.79 Å². The third kappa shape index (κ3) is 5.45. The van der Waals surface area contributed by atoms with E-state index in [2.05, 4.69) is 4.90 Å². The molecule has 2 aliphatic rings. The Balaban J connectivity index is 1.59. The molecule has 0 saturated carbocycles. The Morgan fingerprint density at radius 3 is 2.25 bits per heavy atom. The second-order valence-corrected chi connectivity index (χ2v) is 7.82. The zero-order chi connectivity index (χ0) is 23.3.